The molecule has 0 aliphatic carbocycles. The molecule has 5 nitrogen and oxygen atoms in total. The summed E-state index contributed by atoms with van der Waals surface area (Å²) in [5.41, 5.74) is 0.216. The Morgan fingerprint density at radius 3 is 3.12 bits per heavy atom. The number of ether oxygens (including phenoxy) is 1. The van der Waals surface area contributed by atoms with Crippen molar-refractivity contribution in [1.29, 1.82) is 0 Å². The second kappa shape index (κ2) is 6.71. The fraction of sp³-hybridized carbons (Fsp3) is 0.500. The summed E-state index contributed by atoms with van der Waals surface area (Å²) in [6.45, 7) is 2.29. The number of hydrogen-bond donors (Lipinski definition) is 1. The predicted molar refractivity (Wildman–Crippen MR) is 62.2 cm³/mol. The maximum absolute atomic E-state index is 11.7. The van der Waals surface area contributed by atoms with E-state index in [0.717, 1.165) is 12.8 Å². The maximum atomic E-state index is 11.7. The first-order chi connectivity index (χ1) is 8.21. The molecule has 0 aromatic carbocycles. The van der Waals surface area contributed by atoms with Crippen LogP contribution in [0.15, 0.2) is 10.6 Å². The van der Waals surface area contributed by atoms with Crippen molar-refractivity contribution >= 4 is 5.91 Å². The second-order valence-electron chi connectivity index (χ2n) is 3.59. The van der Waals surface area contributed by atoms with E-state index in [1.165, 1.54) is 7.11 Å². The minimum absolute atomic E-state index is 0.216. The summed E-state index contributed by atoms with van der Waals surface area (Å²) < 4.78 is 9.78. The van der Waals surface area contributed by atoms with Crippen molar-refractivity contribution in [2.75, 3.05) is 7.11 Å². The Hall–Kier alpha value is -1.80. The van der Waals surface area contributed by atoms with E-state index in [1.807, 2.05) is 6.92 Å². The van der Waals surface area contributed by atoms with Gasteiger partial charge in [-0.3, -0.25) is 4.79 Å². The van der Waals surface area contributed by atoms with Gasteiger partial charge in [0.05, 0.1) is 6.04 Å². The monoisotopic (exact) mass is 236 g/mol. The Balaban J connectivity index is 2.59. The second-order valence-corrected chi connectivity index (χ2v) is 3.59. The first-order valence-electron chi connectivity index (χ1n) is 5.42. The topological polar surface area (TPSA) is 64.4 Å². The number of carbonyl (C=O) groups is 1. The van der Waals surface area contributed by atoms with Crippen LogP contribution in [0, 0.1) is 12.3 Å². The molecule has 0 saturated carbocycles. The lowest BCUT2D eigenvalue weighted by atomic mass is 10.2. The molecule has 1 N–H and O–H groups in total. The Morgan fingerprint density at radius 1 is 1.76 bits per heavy atom. The quantitative estimate of drug-likeness (QED) is 0.757. The van der Waals surface area contributed by atoms with Crippen LogP contribution in [-0.2, 0) is 11.3 Å². The summed E-state index contributed by atoms with van der Waals surface area (Å²) in [6.07, 6.45) is 6.96. The van der Waals surface area contributed by atoms with E-state index in [0.29, 0.717) is 5.76 Å². The highest BCUT2D eigenvalue weighted by molar-refractivity contribution is 5.92. The number of amides is 1. The molecule has 92 valence electrons. The summed E-state index contributed by atoms with van der Waals surface area (Å²) in [5, 5.41) is 6.35. The summed E-state index contributed by atoms with van der Waals surface area (Å²) >= 11 is 0. The lowest BCUT2D eigenvalue weighted by Gasteiger charge is -2.09. The number of rotatable bonds is 6. The van der Waals surface area contributed by atoms with Gasteiger partial charge in [0.1, 0.15) is 6.61 Å². The van der Waals surface area contributed by atoms with Crippen molar-refractivity contribution in [2.24, 2.45) is 0 Å². The summed E-state index contributed by atoms with van der Waals surface area (Å²) in [7, 11) is 1.54. The molecule has 17 heavy (non-hydrogen) atoms. The van der Waals surface area contributed by atoms with Crippen molar-refractivity contribution in [3.05, 3.63) is 17.5 Å². The SMILES string of the molecule is C#CC(CCC)NC(=O)c1cc(COC)on1. The molecule has 1 unspecified atom stereocenters. The molecule has 1 atom stereocenters. The molecule has 1 rings (SSSR count). The van der Waals surface area contributed by atoms with Crippen LogP contribution in [0.25, 0.3) is 0 Å². The smallest absolute Gasteiger partial charge is 0.274 e. The van der Waals surface area contributed by atoms with E-state index in [-0.39, 0.29) is 24.2 Å². The molecular weight excluding hydrogens is 220 g/mol. The van der Waals surface area contributed by atoms with Gasteiger partial charge in [0.15, 0.2) is 11.5 Å². The highest BCUT2D eigenvalue weighted by atomic mass is 16.5. The van der Waals surface area contributed by atoms with Crippen LogP contribution in [0.1, 0.15) is 36.0 Å². The zero-order valence-electron chi connectivity index (χ0n) is 10.0. The number of aromatic nitrogens is 1. The van der Waals surface area contributed by atoms with Gasteiger partial charge in [0.25, 0.3) is 5.91 Å². The minimum atomic E-state index is -0.326. The van der Waals surface area contributed by atoms with Crippen LogP contribution in [0.4, 0.5) is 0 Å². The molecule has 1 aromatic rings. The van der Waals surface area contributed by atoms with Crippen LogP contribution < -0.4 is 5.32 Å². The van der Waals surface area contributed by atoms with Crippen molar-refractivity contribution in [1.82, 2.24) is 10.5 Å². The van der Waals surface area contributed by atoms with Crippen LogP contribution in [0.5, 0.6) is 0 Å². The van der Waals surface area contributed by atoms with Gasteiger partial charge in [0.2, 0.25) is 0 Å². The largest absolute Gasteiger partial charge is 0.377 e. The number of methoxy groups -OCH3 is 1. The van der Waals surface area contributed by atoms with Gasteiger partial charge in [-0.05, 0) is 6.42 Å². The Bertz CT molecular complexity index is 406. The Labute approximate surface area is 101 Å². The number of nitrogens with one attached hydrogen (secondary N) is 1. The van der Waals surface area contributed by atoms with E-state index in [2.05, 4.69) is 16.4 Å². The Morgan fingerprint density at radius 2 is 2.53 bits per heavy atom. The number of nitrogens with zero attached hydrogens (tertiary/aromatic N) is 1. The average molecular weight is 236 g/mol. The van der Waals surface area contributed by atoms with E-state index in [1.54, 1.807) is 6.07 Å². The lowest BCUT2D eigenvalue weighted by Crippen LogP contribution is -2.33. The fourth-order valence-corrected chi connectivity index (χ4v) is 1.35. The number of carbonyl (C=O) groups excluding carboxylic acids is 1. The summed E-state index contributed by atoms with van der Waals surface area (Å²) in [5.74, 6) is 2.70. The van der Waals surface area contributed by atoms with Gasteiger partial charge in [-0.15, -0.1) is 6.42 Å². The first-order valence-corrected chi connectivity index (χ1v) is 5.42. The van der Waals surface area contributed by atoms with Crippen LogP contribution in [0.3, 0.4) is 0 Å². The number of terminal acetylenes is 1. The molecule has 0 fully saturated rings. The highest BCUT2D eigenvalue weighted by Crippen LogP contribution is 2.05. The van der Waals surface area contributed by atoms with Gasteiger partial charge in [-0.25, -0.2) is 0 Å². The lowest BCUT2D eigenvalue weighted by molar-refractivity contribution is 0.0934. The summed E-state index contributed by atoms with van der Waals surface area (Å²) in [4.78, 5) is 11.7. The fourth-order valence-electron chi connectivity index (χ4n) is 1.35. The van der Waals surface area contributed by atoms with Crippen LogP contribution in [-0.4, -0.2) is 24.2 Å². The van der Waals surface area contributed by atoms with E-state index in [4.69, 9.17) is 15.7 Å². The minimum Gasteiger partial charge on any atom is -0.377 e. The third kappa shape index (κ3) is 3.93. The standard InChI is InChI=1S/C12H16N2O3/c1-4-6-9(5-2)13-12(15)11-7-10(8-16-3)17-14-11/h2,7,9H,4,6,8H2,1,3H3,(H,13,15). The van der Waals surface area contributed by atoms with Crippen molar-refractivity contribution in [3.63, 3.8) is 0 Å². The maximum Gasteiger partial charge on any atom is 0.274 e. The van der Waals surface area contributed by atoms with Crippen molar-refractivity contribution < 1.29 is 14.1 Å². The van der Waals surface area contributed by atoms with Gasteiger partial charge < -0.3 is 14.6 Å². The zero-order valence-corrected chi connectivity index (χ0v) is 10.0. The zero-order chi connectivity index (χ0) is 12.7. The normalized spacial score (nSPS) is 11.8. The number of hydrogen-bond acceptors (Lipinski definition) is 4. The Kier molecular flexibility index (Phi) is 5.24. The third-order valence-corrected chi connectivity index (χ3v) is 2.16. The molecule has 0 aliphatic heterocycles. The molecular formula is C12H16N2O3. The van der Waals surface area contributed by atoms with Crippen molar-refractivity contribution in [2.45, 2.75) is 32.4 Å². The third-order valence-electron chi connectivity index (χ3n) is 2.16. The molecule has 0 spiro atoms. The molecule has 0 radical (unpaired) electrons. The van der Waals surface area contributed by atoms with Crippen LogP contribution >= 0.6 is 0 Å². The predicted octanol–water partition coefficient (Wildman–Crippen LogP) is 1.35. The van der Waals surface area contributed by atoms with Gasteiger partial charge in [-0.1, -0.05) is 24.4 Å². The van der Waals surface area contributed by atoms with Crippen molar-refractivity contribution in [3.8, 4) is 12.3 Å². The highest BCUT2D eigenvalue weighted by Gasteiger charge is 2.15. The molecule has 0 bridgehead atoms. The summed E-state index contributed by atoms with van der Waals surface area (Å²) in [6, 6.07) is 1.27. The molecule has 1 heterocycles. The average Bonchev–Trinajstić information content (AvgIpc) is 2.77. The first kappa shape index (κ1) is 13.3. The van der Waals surface area contributed by atoms with Gasteiger partial charge in [-0.2, -0.15) is 0 Å². The molecule has 1 amide bonds. The van der Waals surface area contributed by atoms with Crippen LogP contribution in [0.2, 0.25) is 0 Å². The van der Waals surface area contributed by atoms with Gasteiger partial charge >= 0.3 is 0 Å². The molecule has 5 heteroatoms. The van der Waals surface area contributed by atoms with E-state index >= 15 is 0 Å². The molecule has 0 aliphatic rings. The van der Waals surface area contributed by atoms with Gasteiger partial charge in [0, 0.05) is 13.2 Å². The molecule has 0 saturated heterocycles. The van der Waals surface area contributed by atoms with E-state index < -0.39 is 0 Å². The van der Waals surface area contributed by atoms with E-state index in [9.17, 15) is 4.79 Å². The molecule has 1 aromatic heterocycles.